The Morgan fingerprint density at radius 2 is 2.17 bits per heavy atom. The molecule has 0 unspecified atom stereocenters. The van der Waals surface area contributed by atoms with Gasteiger partial charge in [-0.3, -0.25) is 0 Å². The summed E-state index contributed by atoms with van der Waals surface area (Å²) in [6.45, 7) is 3.78. The van der Waals surface area contributed by atoms with Crippen LogP contribution in [0, 0.1) is 12.7 Å². The maximum absolute atomic E-state index is 14.5. The Morgan fingerprint density at radius 3 is 2.88 bits per heavy atom. The minimum Gasteiger partial charge on any atom is -0.496 e. The summed E-state index contributed by atoms with van der Waals surface area (Å²) in [5, 5.41) is 0. The zero-order valence-electron chi connectivity index (χ0n) is 13.7. The number of carbonyl (C=O) groups is 1. The standard InChI is InChI=1S/C18H17FN2O3/c1-4-24-18(22)14-10-21-11(2)20-9-12(21)8-13(14)17-15(19)6-5-7-16(17)23-3/h5-10H,4H2,1-3H3. The van der Waals surface area contributed by atoms with E-state index in [0.717, 1.165) is 11.3 Å². The minimum atomic E-state index is -0.521. The molecule has 3 rings (SSSR count). The molecule has 0 aliphatic heterocycles. The van der Waals surface area contributed by atoms with Gasteiger partial charge in [-0.05, 0) is 32.0 Å². The normalized spacial score (nSPS) is 10.8. The molecule has 0 bridgehead atoms. The van der Waals surface area contributed by atoms with Crippen LogP contribution in [0.5, 0.6) is 5.75 Å². The maximum Gasteiger partial charge on any atom is 0.340 e. The zero-order valence-corrected chi connectivity index (χ0v) is 13.7. The van der Waals surface area contributed by atoms with Crippen LogP contribution in [-0.4, -0.2) is 29.1 Å². The quantitative estimate of drug-likeness (QED) is 0.686. The van der Waals surface area contributed by atoms with E-state index in [1.807, 2.05) is 6.92 Å². The molecule has 0 aliphatic rings. The predicted molar refractivity (Wildman–Crippen MR) is 87.8 cm³/mol. The second-order valence-corrected chi connectivity index (χ2v) is 5.24. The number of benzene rings is 1. The summed E-state index contributed by atoms with van der Waals surface area (Å²) < 4.78 is 26.7. The van der Waals surface area contributed by atoms with Gasteiger partial charge in [0.2, 0.25) is 0 Å². The van der Waals surface area contributed by atoms with Crippen molar-refractivity contribution in [3.63, 3.8) is 0 Å². The number of ether oxygens (including phenoxy) is 2. The number of esters is 1. The van der Waals surface area contributed by atoms with E-state index < -0.39 is 11.8 Å². The number of aromatic nitrogens is 2. The predicted octanol–water partition coefficient (Wildman–Crippen LogP) is 3.63. The van der Waals surface area contributed by atoms with E-state index >= 15 is 0 Å². The number of pyridine rings is 1. The second-order valence-electron chi connectivity index (χ2n) is 5.24. The molecule has 3 aromatic rings. The van der Waals surface area contributed by atoms with Crippen LogP contribution in [0.3, 0.4) is 0 Å². The first-order valence-corrected chi connectivity index (χ1v) is 7.54. The van der Waals surface area contributed by atoms with Crippen molar-refractivity contribution in [1.29, 1.82) is 0 Å². The van der Waals surface area contributed by atoms with E-state index in [1.54, 1.807) is 41.9 Å². The van der Waals surface area contributed by atoms with E-state index in [9.17, 15) is 9.18 Å². The fourth-order valence-corrected chi connectivity index (χ4v) is 2.68. The fraction of sp³-hybridized carbons (Fsp3) is 0.222. The van der Waals surface area contributed by atoms with Crippen LogP contribution in [0.25, 0.3) is 16.6 Å². The van der Waals surface area contributed by atoms with Gasteiger partial charge in [-0.15, -0.1) is 0 Å². The van der Waals surface area contributed by atoms with Crippen molar-refractivity contribution >= 4 is 11.5 Å². The Kier molecular flexibility index (Phi) is 4.20. The molecule has 1 aromatic carbocycles. The summed E-state index contributed by atoms with van der Waals surface area (Å²) in [6, 6.07) is 6.26. The van der Waals surface area contributed by atoms with Gasteiger partial charge in [-0.1, -0.05) is 6.07 Å². The van der Waals surface area contributed by atoms with Crippen molar-refractivity contribution in [2.75, 3.05) is 13.7 Å². The third-order valence-electron chi connectivity index (χ3n) is 3.81. The fourth-order valence-electron chi connectivity index (χ4n) is 2.68. The first-order chi connectivity index (χ1) is 11.6. The Labute approximate surface area is 138 Å². The second kappa shape index (κ2) is 6.31. The molecule has 0 amide bonds. The lowest BCUT2D eigenvalue weighted by atomic mass is 9.99. The molecule has 0 spiro atoms. The summed E-state index contributed by atoms with van der Waals surface area (Å²) in [4.78, 5) is 16.6. The lowest BCUT2D eigenvalue weighted by Crippen LogP contribution is -2.09. The van der Waals surface area contributed by atoms with E-state index in [4.69, 9.17) is 9.47 Å². The lowest BCUT2D eigenvalue weighted by molar-refractivity contribution is 0.0526. The highest BCUT2D eigenvalue weighted by atomic mass is 19.1. The summed E-state index contributed by atoms with van der Waals surface area (Å²) in [5.41, 5.74) is 1.65. The number of hydrogen-bond acceptors (Lipinski definition) is 4. The molecule has 0 N–H and O–H groups in total. The number of fused-ring (bicyclic) bond motifs is 1. The van der Waals surface area contributed by atoms with Crippen LogP contribution < -0.4 is 4.74 Å². The number of nitrogens with zero attached hydrogens (tertiary/aromatic N) is 2. The van der Waals surface area contributed by atoms with Gasteiger partial charge in [-0.25, -0.2) is 14.2 Å². The molecule has 24 heavy (non-hydrogen) atoms. The molecule has 0 saturated heterocycles. The Balaban J connectivity index is 2.34. The molecule has 0 aliphatic carbocycles. The SMILES string of the molecule is CCOC(=O)c1cn2c(C)ncc2cc1-c1c(F)cccc1OC. The van der Waals surface area contributed by atoms with Gasteiger partial charge in [0.25, 0.3) is 0 Å². The number of carbonyl (C=O) groups excluding carboxylic acids is 1. The molecular formula is C18H17FN2O3. The van der Waals surface area contributed by atoms with E-state index in [1.165, 1.54) is 13.2 Å². The van der Waals surface area contributed by atoms with Crippen LogP contribution >= 0.6 is 0 Å². The smallest absolute Gasteiger partial charge is 0.340 e. The molecule has 124 valence electrons. The van der Waals surface area contributed by atoms with Gasteiger partial charge in [0, 0.05) is 11.8 Å². The van der Waals surface area contributed by atoms with Crippen molar-refractivity contribution in [3.05, 3.63) is 53.9 Å². The van der Waals surface area contributed by atoms with E-state index in [0.29, 0.717) is 11.3 Å². The van der Waals surface area contributed by atoms with Crippen LogP contribution in [0.15, 0.2) is 36.7 Å². The van der Waals surface area contributed by atoms with Crippen molar-refractivity contribution in [3.8, 4) is 16.9 Å². The molecule has 0 radical (unpaired) electrons. The van der Waals surface area contributed by atoms with Gasteiger partial charge in [0.1, 0.15) is 17.4 Å². The van der Waals surface area contributed by atoms with Crippen LogP contribution in [0.1, 0.15) is 23.1 Å². The van der Waals surface area contributed by atoms with Crippen LogP contribution in [0.2, 0.25) is 0 Å². The van der Waals surface area contributed by atoms with Crippen molar-refractivity contribution < 1.29 is 18.7 Å². The van der Waals surface area contributed by atoms with Gasteiger partial charge in [0.05, 0.1) is 36.6 Å². The average Bonchev–Trinajstić information content (AvgIpc) is 2.94. The number of methoxy groups -OCH3 is 1. The minimum absolute atomic E-state index is 0.226. The summed E-state index contributed by atoms with van der Waals surface area (Å²) in [5.74, 6) is 0.0806. The van der Waals surface area contributed by atoms with Crippen LogP contribution in [0.4, 0.5) is 4.39 Å². The number of hydrogen-bond donors (Lipinski definition) is 0. The highest BCUT2D eigenvalue weighted by Crippen LogP contribution is 2.36. The van der Waals surface area contributed by atoms with Crippen LogP contribution in [-0.2, 0) is 4.74 Å². The number of aryl methyl sites for hydroxylation is 1. The summed E-state index contributed by atoms with van der Waals surface area (Å²) >= 11 is 0. The highest BCUT2D eigenvalue weighted by Gasteiger charge is 2.21. The summed E-state index contributed by atoms with van der Waals surface area (Å²) in [6.07, 6.45) is 3.29. The molecule has 0 atom stereocenters. The van der Waals surface area contributed by atoms with Crippen molar-refractivity contribution in [2.45, 2.75) is 13.8 Å². The first-order valence-electron chi connectivity index (χ1n) is 7.54. The number of rotatable bonds is 4. The molecule has 0 fully saturated rings. The largest absolute Gasteiger partial charge is 0.496 e. The van der Waals surface area contributed by atoms with E-state index in [2.05, 4.69) is 4.98 Å². The van der Waals surface area contributed by atoms with Gasteiger partial charge >= 0.3 is 5.97 Å². The number of imidazole rings is 1. The molecule has 0 saturated carbocycles. The zero-order chi connectivity index (χ0) is 17.3. The summed E-state index contributed by atoms with van der Waals surface area (Å²) in [7, 11) is 1.46. The molecule has 2 heterocycles. The Bertz CT molecular complexity index is 918. The highest BCUT2D eigenvalue weighted by molar-refractivity contribution is 5.99. The maximum atomic E-state index is 14.5. The average molecular weight is 328 g/mol. The molecule has 2 aromatic heterocycles. The van der Waals surface area contributed by atoms with Gasteiger partial charge in [-0.2, -0.15) is 0 Å². The van der Waals surface area contributed by atoms with E-state index in [-0.39, 0.29) is 17.7 Å². The topological polar surface area (TPSA) is 52.8 Å². The Morgan fingerprint density at radius 1 is 1.38 bits per heavy atom. The number of halogens is 1. The molecule has 5 nitrogen and oxygen atoms in total. The monoisotopic (exact) mass is 328 g/mol. The molecular weight excluding hydrogens is 311 g/mol. The Hall–Kier alpha value is -2.89. The van der Waals surface area contributed by atoms with Gasteiger partial charge < -0.3 is 13.9 Å². The molecule has 6 heteroatoms. The van der Waals surface area contributed by atoms with Crippen molar-refractivity contribution in [2.24, 2.45) is 0 Å². The third kappa shape index (κ3) is 2.60. The van der Waals surface area contributed by atoms with Crippen molar-refractivity contribution in [1.82, 2.24) is 9.38 Å². The van der Waals surface area contributed by atoms with Gasteiger partial charge in [0.15, 0.2) is 0 Å². The first kappa shape index (κ1) is 16.0. The third-order valence-corrected chi connectivity index (χ3v) is 3.81. The lowest BCUT2D eigenvalue weighted by Gasteiger charge is -2.14.